The molecule has 0 radical (unpaired) electrons. The van der Waals surface area contributed by atoms with Gasteiger partial charge in [-0.1, -0.05) is 30.4 Å². The minimum atomic E-state index is -0.260. The van der Waals surface area contributed by atoms with Gasteiger partial charge in [-0.15, -0.1) is 0 Å². The first kappa shape index (κ1) is 17.3. The molecule has 0 saturated heterocycles. The quantitative estimate of drug-likeness (QED) is 0.483. The third-order valence-corrected chi connectivity index (χ3v) is 3.24. The summed E-state index contributed by atoms with van der Waals surface area (Å²) < 4.78 is 10.8. The summed E-state index contributed by atoms with van der Waals surface area (Å²) in [5.74, 6) is 0.952. The van der Waals surface area contributed by atoms with Crippen LogP contribution in [0.25, 0.3) is 0 Å². The lowest BCUT2D eigenvalue weighted by molar-refractivity contribution is 0.0955. The van der Waals surface area contributed by atoms with E-state index >= 15 is 0 Å². The summed E-state index contributed by atoms with van der Waals surface area (Å²) in [5.41, 5.74) is 4.93. The molecule has 2 aromatic rings. The van der Waals surface area contributed by atoms with Gasteiger partial charge < -0.3 is 9.47 Å². The molecule has 1 N–H and O–H groups in total. The van der Waals surface area contributed by atoms with Crippen LogP contribution >= 0.6 is 0 Å². The third-order valence-electron chi connectivity index (χ3n) is 3.24. The molecule has 5 nitrogen and oxygen atoms in total. The maximum absolute atomic E-state index is 12.0. The fourth-order valence-electron chi connectivity index (χ4n) is 1.97. The highest BCUT2D eigenvalue weighted by Gasteiger charge is 2.05. The maximum Gasteiger partial charge on any atom is 0.271 e. The Balaban J connectivity index is 2.02. The van der Waals surface area contributed by atoms with E-state index in [0.29, 0.717) is 23.7 Å². The number of benzene rings is 2. The van der Waals surface area contributed by atoms with Crippen LogP contribution in [-0.2, 0) is 0 Å². The maximum atomic E-state index is 12.0. The van der Waals surface area contributed by atoms with E-state index < -0.39 is 0 Å². The van der Waals surface area contributed by atoms with Crippen LogP contribution in [-0.4, -0.2) is 25.8 Å². The number of nitrogens with one attached hydrogen (secondary N) is 1. The summed E-state index contributed by atoms with van der Waals surface area (Å²) in [6, 6.07) is 12.7. The lowest BCUT2D eigenvalue weighted by Gasteiger charge is -2.09. The standard InChI is InChI=1S/C19H20N2O3/c1-4-11-24-17-10-7-15(12-18(17)23-3)13-20-21-19(22)16-8-5-14(2)6-9-16/h4-10,12-13H,1,11H2,2-3H3,(H,21,22)/b20-13+. The number of methoxy groups -OCH3 is 1. The van der Waals surface area contributed by atoms with Gasteiger partial charge in [0.2, 0.25) is 0 Å². The monoisotopic (exact) mass is 324 g/mol. The number of aryl methyl sites for hydroxylation is 1. The molecule has 0 aliphatic rings. The highest BCUT2D eigenvalue weighted by Crippen LogP contribution is 2.27. The van der Waals surface area contributed by atoms with E-state index in [-0.39, 0.29) is 5.91 Å². The first-order valence-electron chi connectivity index (χ1n) is 7.46. The number of carbonyl (C=O) groups excluding carboxylic acids is 1. The summed E-state index contributed by atoms with van der Waals surface area (Å²) in [7, 11) is 1.57. The Labute approximate surface area is 141 Å². The molecule has 0 aliphatic heterocycles. The first-order chi connectivity index (χ1) is 11.6. The van der Waals surface area contributed by atoms with Crippen LogP contribution in [0.15, 0.2) is 60.2 Å². The van der Waals surface area contributed by atoms with E-state index in [4.69, 9.17) is 9.47 Å². The van der Waals surface area contributed by atoms with E-state index in [2.05, 4.69) is 17.1 Å². The molecule has 0 aliphatic carbocycles. The van der Waals surface area contributed by atoms with Gasteiger partial charge in [0.25, 0.3) is 5.91 Å². The average molecular weight is 324 g/mol. The number of nitrogens with zero attached hydrogens (tertiary/aromatic N) is 1. The van der Waals surface area contributed by atoms with Gasteiger partial charge in [-0.2, -0.15) is 5.10 Å². The van der Waals surface area contributed by atoms with Gasteiger partial charge in [-0.25, -0.2) is 5.43 Å². The molecule has 1 amide bonds. The van der Waals surface area contributed by atoms with E-state index in [0.717, 1.165) is 11.1 Å². The van der Waals surface area contributed by atoms with Crippen molar-refractivity contribution < 1.29 is 14.3 Å². The van der Waals surface area contributed by atoms with Crippen LogP contribution in [0.5, 0.6) is 11.5 Å². The number of carbonyl (C=O) groups is 1. The van der Waals surface area contributed by atoms with Crippen molar-refractivity contribution in [2.24, 2.45) is 5.10 Å². The van der Waals surface area contributed by atoms with Crippen molar-refractivity contribution >= 4 is 12.1 Å². The van der Waals surface area contributed by atoms with E-state index in [1.165, 1.54) is 0 Å². The number of hydrogen-bond acceptors (Lipinski definition) is 4. The molecule has 0 atom stereocenters. The molecule has 5 heteroatoms. The number of hydrazone groups is 1. The number of hydrogen-bond donors (Lipinski definition) is 1. The predicted octanol–water partition coefficient (Wildman–Crippen LogP) is 3.33. The van der Waals surface area contributed by atoms with Crippen molar-refractivity contribution in [3.05, 3.63) is 71.8 Å². The third kappa shape index (κ3) is 4.71. The van der Waals surface area contributed by atoms with Crippen LogP contribution in [0.1, 0.15) is 21.5 Å². The van der Waals surface area contributed by atoms with Crippen LogP contribution in [0.2, 0.25) is 0 Å². The molecular weight excluding hydrogens is 304 g/mol. The van der Waals surface area contributed by atoms with Gasteiger partial charge in [0, 0.05) is 5.56 Å². The number of rotatable bonds is 7. The molecule has 0 saturated carbocycles. The van der Waals surface area contributed by atoms with Crippen molar-refractivity contribution in [1.29, 1.82) is 0 Å². The molecule has 2 rings (SSSR count). The van der Waals surface area contributed by atoms with Gasteiger partial charge >= 0.3 is 0 Å². The largest absolute Gasteiger partial charge is 0.493 e. The fourth-order valence-corrected chi connectivity index (χ4v) is 1.97. The van der Waals surface area contributed by atoms with Crippen molar-refractivity contribution in [2.45, 2.75) is 6.92 Å². The van der Waals surface area contributed by atoms with Crippen LogP contribution in [0, 0.1) is 6.92 Å². The highest BCUT2D eigenvalue weighted by atomic mass is 16.5. The molecule has 0 fully saturated rings. The SMILES string of the molecule is C=CCOc1ccc(/C=N/NC(=O)c2ccc(C)cc2)cc1OC. The zero-order chi connectivity index (χ0) is 17.4. The second-order valence-electron chi connectivity index (χ2n) is 5.08. The van der Waals surface area contributed by atoms with E-state index in [9.17, 15) is 4.79 Å². The topological polar surface area (TPSA) is 59.9 Å². The second kappa shape index (κ2) is 8.53. The minimum Gasteiger partial charge on any atom is -0.493 e. The molecule has 0 aromatic heterocycles. The molecular formula is C19H20N2O3. The Morgan fingerprint density at radius 2 is 1.96 bits per heavy atom. The Kier molecular flexibility index (Phi) is 6.14. The summed E-state index contributed by atoms with van der Waals surface area (Å²) in [4.78, 5) is 12.0. The van der Waals surface area contributed by atoms with Crippen LogP contribution in [0.4, 0.5) is 0 Å². The van der Waals surface area contributed by atoms with Crippen molar-refractivity contribution in [3.8, 4) is 11.5 Å². The highest BCUT2D eigenvalue weighted by molar-refractivity contribution is 5.94. The summed E-state index contributed by atoms with van der Waals surface area (Å²) in [6.45, 7) is 5.98. The lowest BCUT2D eigenvalue weighted by Crippen LogP contribution is -2.17. The summed E-state index contributed by atoms with van der Waals surface area (Å²) in [6.07, 6.45) is 3.21. The van der Waals surface area contributed by atoms with Crippen molar-refractivity contribution in [3.63, 3.8) is 0 Å². The van der Waals surface area contributed by atoms with Gasteiger partial charge in [-0.05, 0) is 42.8 Å². The Morgan fingerprint density at radius 1 is 1.21 bits per heavy atom. The zero-order valence-electron chi connectivity index (χ0n) is 13.8. The van der Waals surface area contributed by atoms with E-state index in [1.54, 1.807) is 43.7 Å². The van der Waals surface area contributed by atoms with Crippen molar-refractivity contribution in [1.82, 2.24) is 5.43 Å². The zero-order valence-corrected chi connectivity index (χ0v) is 13.8. The average Bonchev–Trinajstić information content (AvgIpc) is 2.60. The van der Waals surface area contributed by atoms with Gasteiger partial charge in [0.05, 0.1) is 13.3 Å². The van der Waals surface area contributed by atoms with E-state index in [1.807, 2.05) is 25.1 Å². The van der Waals surface area contributed by atoms with Crippen molar-refractivity contribution in [2.75, 3.05) is 13.7 Å². The lowest BCUT2D eigenvalue weighted by atomic mass is 10.1. The fraction of sp³-hybridized carbons (Fsp3) is 0.158. The molecule has 124 valence electrons. The number of amides is 1. The Hall–Kier alpha value is -3.08. The Morgan fingerprint density at radius 3 is 2.62 bits per heavy atom. The normalized spacial score (nSPS) is 10.4. The summed E-state index contributed by atoms with van der Waals surface area (Å²) in [5, 5.41) is 3.97. The van der Waals surface area contributed by atoms with Gasteiger partial charge in [-0.3, -0.25) is 4.79 Å². The van der Waals surface area contributed by atoms with Gasteiger partial charge in [0.1, 0.15) is 6.61 Å². The molecule has 24 heavy (non-hydrogen) atoms. The minimum absolute atomic E-state index is 0.260. The van der Waals surface area contributed by atoms with Gasteiger partial charge in [0.15, 0.2) is 11.5 Å². The molecule has 2 aromatic carbocycles. The molecule has 0 spiro atoms. The first-order valence-corrected chi connectivity index (χ1v) is 7.46. The molecule has 0 bridgehead atoms. The predicted molar refractivity (Wildman–Crippen MR) is 94.9 cm³/mol. The summed E-state index contributed by atoms with van der Waals surface area (Å²) >= 11 is 0. The number of ether oxygens (including phenoxy) is 2. The second-order valence-corrected chi connectivity index (χ2v) is 5.08. The van der Waals surface area contributed by atoms with Crippen LogP contribution < -0.4 is 14.9 Å². The Bertz CT molecular complexity index is 737. The molecule has 0 heterocycles. The smallest absolute Gasteiger partial charge is 0.271 e. The molecule has 0 unspecified atom stereocenters. The van der Waals surface area contributed by atoms with Crippen LogP contribution in [0.3, 0.4) is 0 Å².